The first-order valence-corrected chi connectivity index (χ1v) is 4.56. The second-order valence-electron chi connectivity index (χ2n) is 4.36. The second-order valence-corrected chi connectivity index (χ2v) is 4.36. The third-order valence-electron chi connectivity index (χ3n) is 1.80. The number of hydrogen-bond acceptors (Lipinski definition) is 1. The monoisotopic (exact) mass is 213 g/mol. The Kier molecular flexibility index (Phi) is 3.07. The van der Waals surface area contributed by atoms with Gasteiger partial charge < -0.3 is 5.32 Å². The highest BCUT2D eigenvalue weighted by molar-refractivity contribution is 5.94. The normalized spacial score (nSPS) is 11.3. The minimum Gasteiger partial charge on any atom is -0.325 e. The van der Waals surface area contributed by atoms with E-state index in [2.05, 4.69) is 5.32 Å². The van der Waals surface area contributed by atoms with Gasteiger partial charge in [-0.05, 0) is 12.1 Å². The van der Waals surface area contributed by atoms with Crippen LogP contribution in [0.5, 0.6) is 0 Å². The average molecular weight is 213 g/mol. The Labute approximate surface area is 87.3 Å². The molecule has 0 unspecified atom stereocenters. The Hall–Kier alpha value is -1.45. The number of rotatable bonds is 1. The number of carbonyl (C=O) groups is 1. The molecule has 0 atom stereocenters. The highest BCUT2D eigenvalue weighted by Crippen LogP contribution is 2.18. The number of amides is 1. The van der Waals surface area contributed by atoms with Gasteiger partial charge in [-0.15, -0.1) is 0 Å². The molecule has 0 heterocycles. The van der Waals surface area contributed by atoms with E-state index in [0.29, 0.717) is 0 Å². The number of nitrogens with one attached hydrogen (secondary N) is 1. The molecule has 0 aromatic heterocycles. The van der Waals surface area contributed by atoms with Crippen molar-refractivity contribution < 1.29 is 13.6 Å². The molecule has 0 aliphatic carbocycles. The van der Waals surface area contributed by atoms with Crippen molar-refractivity contribution in [1.29, 1.82) is 0 Å². The quantitative estimate of drug-likeness (QED) is 0.763. The van der Waals surface area contributed by atoms with Gasteiger partial charge in [0.2, 0.25) is 5.91 Å². The number of benzene rings is 1. The zero-order valence-electron chi connectivity index (χ0n) is 8.90. The van der Waals surface area contributed by atoms with E-state index in [9.17, 15) is 13.6 Å². The molecule has 2 nitrogen and oxygen atoms in total. The van der Waals surface area contributed by atoms with Gasteiger partial charge in [0.15, 0.2) is 0 Å². The van der Waals surface area contributed by atoms with Crippen LogP contribution in [0.25, 0.3) is 0 Å². The molecule has 1 aromatic rings. The van der Waals surface area contributed by atoms with Gasteiger partial charge in [0.1, 0.15) is 11.6 Å². The van der Waals surface area contributed by atoms with Crippen LogP contribution in [0.1, 0.15) is 20.8 Å². The lowest BCUT2D eigenvalue weighted by molar-refractivity contribution is -0.123. The summed E-state index contributed by atoms with van der Waals surface area (Å²) in [4.78, 5) is 11.5. The first kappa shape index (κ1) is 11.6. The smallest absolute Gasteiger partial charge is 0.229 e. The van der Waals surface area contributed by atoms with Crippen LogP contribution in [-0.4, -0.2) is 5.91 Å². The maximum Gasteiger partial charge on any atom is 0.229 e. The molecule has 0 spiro atoms. The molecule has 1 rings (SSSR count). The van der Waals surface area contributed by atoms with Crippen molar-refractivity contribution in [1.82, 2.24) is 0 Å². The van der Waals surface area contributed by atoms with Gasteiger partial charge >= 0.3 is 0 Å². The van der Waals surface area contributed by atoms with Crippen LogP contribution in [-0.2, 0) is 4.79 Å². The van der Waals surface area contributed by atoms with Crippen molar-refractivity contribution in [2.45, 2.75) is 20.8 Å². The van der Waals surface area contributed by atoms with Crippen LogP contribution in [0, 0.1) is 17.0 Å². The minimum absolute atomic E-state index is 0.132. The molecule has 0 aliphatic heterocycles. The highest BCUT2D eigenvalue weighted by atomic mass is 19.1. The first-order chi connectivity index (χ1) is 6.79. The lowest BCUT2D eigenvalue weighted by Gasteiger charge is -2.17. The van der Waals surface area contributed by atoms with E-state index >= 15 is 0 Å². The van der Waals surface area contributed by atoms with Crippen LogP contribution in [0.3, 0.4) is 0 Å². The van der Waals surface area contributed by atoms with E-state index in [0.717, 1.165) is 18.2 Å². The fourth-order valence-corrected chi connectivity index (χ4v) is 0.945. The number of anilines is 1. The first-order valence-electron chi connectivity index (χ1n) is 4.56. The van der Waals surface area contributed by atoms with Crippen molar-refractivity contribution in [3.05, 3.63) is 29.8 Å². The Balaban J connectivity index is 2.86. The number of carbonyl (C=O) groups excluding carboxylic acids is 1. The van der Waals surface area contributed by atoms with Gasteiger partial charge in [-0.1, -0.05) is 20.8 Å². The lowest BCUT2D eigenvalue weighted by atomic mass is 9.95. The fraction of sp³-hybridized carbons (Fsp3) is 0.364. The van der Waals surface area contributed by atoms with Gasteiger partial charge in [-0.3, -0.25) is 4.79 Å². The second kappa shape index (κ2) is 3.96. The molecule has 0 saturated heterocycles. The van der Waals surface area contributed by atoms with Gasteiger partial charge in [0, 0.05) is 17.2 Å². The molecular weight excluding hydrogens is 200 g/mol. The Bertz CT molecular complexity index is 362. The molecule has 0 aliphatic rings. The van der Waals surface area contributed by atoms with Crippen molar-refractivity contribution in [2.75, 3.05) is 5.32 Å². The van der Waals surface area contributed by atoms with Crippen molar-refractivity contribution in [2.24, 2.45) is 5.41 Å². The van der Waals surface area contributed by atoms with Crippen molar-refractivity contribution >= 4 is 11.6 Å². The summed E-state index contributed by atoms with van der Waals surface area (Å²) in [5.41, 5.74) is -0.463. The zero-order valence-corrected chi connectivity index (χ0v) is 8.90. The maximum atomic E-state index is 12.8. The van der Waals surface area contributed by atoms with Crippen LogP contribution >= 0.6 is 0 Å². The summed E-state index contributed by atoms with van der Waals surface area (Å²) in [6, 6.07) is 2.91. The molecule has 0 fully saturated rings. The highest BCUT2D eigenvalue weighted by Gasteiger charge is 2.21. The predicted octanol–water partition coefficient (Wildman–Crippen LogP) is 2.95. The lowest BCUT2D eigenvalue weighted by Crippen LogP contribution is -2.27. The van der Waals surface area contributed by atoms with Gasteiger partial charge in [0.25, 0.3) is 0 Å². The minimum atomic E-state index is -0.709. The summed E-state index contributed by atoms with van der Waals surface area (Å²) in [5, 5.41) is 2.44. The molecule has 0 bridgehead atoms. The van der Waals surface area contributed by atoms with Crippen LogP contribution in [0.15, 0.2) is 18.2 Å². The third kappa shape index (κ3) is 3.31. The van der Waals surface area contributed by atoms with E-state index in [-0.39, 0.29) is 11.6 Å². The van der Waals surface area contributed by atoms with Crippen molar-refractivity contribution in [3.63, 3.8) is 0 Å². The Morgan fingerprint density at radius 1 is 1.13 bits per heavy atom. The van der Waals surface area contributed by atoms with Gasteiger partial charge in [-0.25, -0.2) is 8.78 Å². The molecular formula is C11H13F2NO. The molecule has 1 aromatic carbocycles. The van der Waals surface area contributed by atoms with E-state index in [1.165, 1.54) is 0 Å². The van der Waals surface area contributed by atoms with Crippen LogP contribution < -0.4 is 5.32 Å². The molecule has 0 radical (unpaired) electrons. The largest absolute Gasteiger partial charge is 0.325 e. The Morgan fingerprint density at radius 3 is 2.00 bits per heavy atom. The predicted molar refractivity (Wildman–Crippen MR) is 54.4 cm³/mol. The zero-order chi connectivity index (χ0) is 11.6. The summed E-state index contributed by atoms with van der Waals surface area (Å²) in [5.74, 6) is -1.70. The number of halogens is 2. The summed E-state index contributed by atoms with van der Waals surface area (Å²) in [6.07, 6.45) is 0. The average Bonchev–Trinajstić information content (AvgIpc) is 1.99. The molecule has 0 saturated carbocycles. The summed E-state index contributed by atoms with van der Waals surface area (Å²) >= 11 is 0. The standard InChI is InChI=1S/C11H13F2NO/c1-11(2,3)10(15)14-9-5-7(12)4-8(13)6-9/h4-6H,1-3H3,(H,14,15). The van der Waals surface area contributed by atoms with Gasteiger partial charge in [-0.2, -0.15) is 0 Å². The fourth-order valence-electron chi connectivity index (χ4n) is 0.945. The topological polar surface area (TPSA) is 29.1 Å². The van der Waals surface area contributed by atoms with Gasteiger partial charge in [0.05, 0.1) is 0 Å². The molecule has 1 amide bonds. The van der Waals surface area contributed by atoms with E-state index in [4.69, 9.17) is 0 Å². The van der Waals surface area contributed by atoms with E-state index in [1.54, 1.807) is 20.8 Å². The molecule has 1 N–H and O–H groups in total. The maximum absolute atomic E-state index is 12.8. The third-order valence-corrected chi connectivity index (χ3v) is 1.80. The molecule has 15 heavy (non-hydrogen) atoms. The van der Waals surface area contributed by atoms with Crippen molar-refractivity contribution in [3.8, 4) is 0 Å². The summed E-state index contributed by atoms with van der Waals surface area (Å²) in [7, 11) is 0. The summed E-state index contributed by atoms with van der Waals surface area (Å²) < 4.78 is 25.6. The molecule has 4 heteroatoms. The van der Waals surface area contributed by atoms with Crippen LogP contribution in [0.2, 0.25) is 0 Å². The molecule has 82 valence electrons. The van der Waals surface area contributed by atoms with Crippen LogP contribution in [0.4, 0.5) is 14.5 Å². The number of hydrogen-bond donors (Lipinski definition) is 1. The van der Waals surface area contributed by atoms with E-state index < -0.39 is 17.0 Å². The summed E-state index contributed by atoms with van der Waals surface area (Å²) in [6.45, 7) is 5.16. The SMILES string of the molecule is CC(C)(C)C(=O)Nc1cc(F)cc(F)c1. The Morgan fingerprint density at radius 2 is 1.60 bits per heavy atom. The van der Waals surface area contributed by atoms with E-state index in [1.807, 2.05) is 0 Å².